The van der Waals surface area contributed by atoms with Crippen LogP contribution in [-0.4, -0.2) is 6.29 Å². The van der Waals surface area contributed by atoms with E-state index in [-0.39, 0.29) is 0 Å². The number of benzene rings is 2. The minimum atomic E-state index is 0.712. The van der Waals surface area contributed by atoms with Crippen LogP contribution in [0.2, 0.25) is 0 Å². The van der Waals surface area contributed by atoms with Gasteiger partial charge < -0.3 is 0 Å². The highest BCUT2D eigenvalue weighted by molar-refractivity contribution is 9.11. The molecule has 0 aromatic heterocycles. The fraction of sp³-hybridized carbons (Fsp3) is 0.118. The highest BCUT2D eigenvalue weighted by atomic mass is 79.9. The lowest BCUT2D eigenvalue weighted by atomic mass is 10.0. The molecule has 0 amide bonds. The van der Waals surface area contributed by atoms with E-state index in [0.29, 0.717) is 5.56 Å². The number of aryl methyl sites for hydroxylation is 1. The molecule has 2 rings (SSSR count). The standard InChI is InChI=1S/C17H15BrO/c1-13-6-2-3-7-14(13)10-17(18)11-15-8-4-5-9-16(15)12-19/h2-9,11-12H,10H2,1H3/b17-11+. The van der Waals surface area contributed by atoms with Crippen LogP contribution in [0.1, 0.15) is 27.0 Å². The van der Waals surface area contributed by atoms with Gasteiger partial charge in [0.05, 0.1) is 0 Å². The van der Waals surface area contributed by atoms with Gasteiger partial charge in [0.25, 0.3) is 0 Å². The zero-order valence-corrected chi connectivity index (χ0v) is 12.4. The van der Waals surface area contributed by atoms with Gasteiger partial charge in [-0.2, -0.15) is 0 Å². The van der Waals surface area contributed by atoms with E-state index in [1.807, 2.05) is 42.5 Å². The first kappa shape index (κ1) is 13.8. The fourth-order valence-electron chi connectivity index (χ4n) is 1.96. The van der Waals surface area contributed by atoms with E-state index in [2.05, 4.69) is 35.0 Å². The van der Waals surface area contributed by atoms with Crippen LogP contribution < -0.4 is 0 Å². The summed E-state index contributed by atoms with van der Waals surface area (Å²) < 4.78 is 1.07. The molecule has 0 saturated heterocycles. The molecule has 0 heterocycles. The molecule has 0 radical (unpaired) electrons. The molecular formula is C17H15BrO. The number of carbonyl (C=O) groups is 1. The maximum atomic E-state index is 11.0. The van der Waals surface area contributed by atoms with Gasteiger partial charge in [-0.1, -0.05) is 64.5 Å². The largest absolute Gasteiger partial charge is 0.298 e. The van der Waals surface area contributed by atoms with Gasteiger partial charge in [0, 0.05) is 16.5 Å². The second-order valence-electron chi connectivity index (χ2n) is 4.44. The van der Waals surface area contributed by atoms with Crippen LogP contribution in [-0.2, 0) is 6.42 Å². The molecule has 0 fully saturated rings. The summed E-state index contributed by atoms with van der Waals surface area (Å²) in [6, 6.07) is 15.9. The predicted octanol–water partition coefficient (Wildman–Crippen LogP) is 4.79. The quantitative estimate of drug-likeness (QED) is 0.742. The van der Waals surface area contributed by atoms with Crippen LogP contribution in [0.25, 0.3) is 6.08 Å². The number of hydrogen-bond acceptors (Lipinski definition) is 1. The third-order valence-electron chi connectivity index (χ3n) is 3.06. The minimum Gasteiger partial charge on any atom is -0.298 e. The van der Waals surface area contributed by atoms with Crippen LogP contribution in [0, 0.1) is 6.92 Å². The Hall–Kier alpha value is -1.67. The van der Waals surface area contributed by atoms with E-state index in [4.69, 9.17) is 0 Å². The van der Waals surface area contributed by atoms with Crippen molar-refractivity contribution in [3.63, 3.8) is 0 Å². The lowest BCUT2D eigenvalue weighted by Crippen LogP contribution is -1.90. The van der Waals surface area contributed by atoms with Crippen molar-refractivity contribution in [2.45, 2.75) is 13.3 Å². The van der Waals surface area contributed by atoms with Gasteiger partial charge in [-0.25, -0.2) is 0 Å². The molecule has 0 unspecified atom stereocenters. The van der Waals surface area contributed by atoms with Gasteiger partial charge in [0.15, 0.2) is 6.29 Å². The van der Waals surface area contributed by atoms with Crippen molar-refractivity contribution in [1.29, 1.82) is 0 Å². The second-order valence-corrected chi connectivity index (χ2v) is 5.46. The maximum absolute atomic E-state index is 11.0. The first-order valence-corrected chi connectivity index (χ1v) is 6.95. The molecule has 2 heteroatoms. The fourth-order valence-corrected chi connectivity index (χ4v) is 2.51. The summed E-state index contributed by atoms with van der Waals surface area (Å²) in [4.78, 5) is 11.0. The average molecular weight is 315 g/mol. The normalized spacial score (nSPS) is 11.4. The summed E-state index contributed by atoms with van der Waals surface area (Å²) in [7, 11) is 0. The van der Waals surface area contributed by atoms with Gasteiger partial charge in [0.2, 0.25) is 0 Å². The summed E-state index contributed by atoms with van der Waals surface area (Å²) in [6.07, 6.45) is 3.73. The maximum Gasteiger partial charge on any atom is 0.150 e. The molecule has 0 N–H and O–H groups in total. The monoisotopic (exact) mass is 314 g/mol. The van der Waals surface area contributed by atoms with Crippen molar-refractivity contribution in [2.24, 2.45) is 0 Å². The Morgan fingerprint density at radius 2 is 1.68 bits per heavy atom. The Balaban J connectivity index is 2.24. The third-order valence-corrected chi connectivity index (χ3v) is 3.56. The molecule has 0 aliphatic heterocycles. The summed E-state index contributed by atoms with van der Waals surface area (Å²) in [5, 5.41) is 0. The summed E-state index contributed by atoms with van der Waals surface area (Å²) in [5.41, 5.74) is 4.22. The van der Waals surface area contributed by atoms with Crippen molar-refractivity contribution in [2.75, 3.05) is 0 Å². The van der Waals surface area contributed by atoms with E-state index in [9.17, 15) is 4.79 Å². The van der Waals surface area contributed by atoms with Gasteiger partial charge in [-0.15, -0.1) is 0 Å². The van der Waals surface area contributed by atoms with E-state index in [1.54, 1.807) is 0 Å². The molecule has 0 bridgehead atoms. The van der Waals surface area contributed by atoms with Crippen molar-refractivity contribution in [3.05, 3.63) is 75.3 Å². The second kappa shape index (κ2) is 6.48. The predicted molar refractivity (Wildman–Crippen MR) is 83.6 cm³/mol. The van der Waals surface area contributed by atoms with Gasteiger partial charge in [0.1, 0.15) is 0 Å². The summed E-state index contributed by atoms with van der Waals surface area (Å²) in [6.45, 7) is 2.11. The van der Waals surface area contributed by atoms with Gasteiger partial charge >= 0.3 is 0 Å². The number of halogens is 1. The van der Waals surface area contributed by atoms with Crippen LogP contribution in [0.4, 0.5) is 0 Å². The van der Waals surface area contributed by atoms with Gasteiger partial charge in [-0.3, -0.25) is 4.79 Å². The number of aldehydes is 1. The molecule has 0 aliphatic carbocycles. The molecule has 0 atom stereocenters. The molecular weight excluding hydrogens is 300 g/mol. The smallest absolute Gasteiger partial charge is 0.150 e. The molecule has 19 heavy (non-hydrogen) atoms. The van der Waals surface area contributed by atoms with Crippen LogP contribution in [0.15, 0.2) is 53.0 Å². The van der Waals surface area contributed by atoms with Crippen LogP contribution >= 0.6 is 15.9 Å². The Kier molecular flexibility index (Phi) is 4.69. The number of allylic oxidation sites excluding steroid dienone is 1. The minimum absolute atomic E-state index is 0.712. The molecule has 96 valence electrons. The molecule has 2 aromatic carbocycles. The molecule has 2 aromatic rings. The lowest BCUT2D eigenvalue weighted by molar-refractivity contribution is 0.112. The van der Waals surface area contributed by atoms with E-state index < -0.39 is 0 Å². The zero-order chi connectivity index (χ0) is 13.7. The van der Waals surface area contributed by atoms with Crippen molar-refractivity contribution in [1.82, 2.24) is 0 Å². The highest BCUT2D eigenvalue weighted by Crippen LogP contribution is 2.21. The highest BCUT2D eigenvalue weighted by Gasteiger charge is 2.02. The zero-order valence-electron chi connectivity index (χ0n) is 10.8. The lowest BCUT2D eigenvalue weighted by Gasteiger charge is -2.05. The number of rotatable bonds is 4. The van der Waals surface area contributed by atoms with Crippen LogP contribution in [0.5, 0.6) is 0 Å². The molecule has 0 spiro atoms. The summed E-state index contributed by atoms with van der Waals surface area (Å²) >= 11 is 3.59. The Bertz CT molecular complexity index is 614. The molecule has 0 aliphatic rings. The molecule has 1 nitrogen and oxygen atoms in total. The van der Waals surface area contributed by atoms with Crippen molar-refractivity contribution < 1.29 is 4.79 Å². The first-order chi connectivity index (χ1) is 9.20. The van der Waals surface area contributed by atoms with Crippen LogP contribution in [0.3, 0.4) is 0 Å². The number of carbonyl (C=O) groups excluding carboxylic acids is 1. The Morgan fingerprint density at radius 3 is 2.37 bits per heavy atom. The SMILES string of the molecule is Cc1ccccc1C/C(Br)=C\c1ccccc1C=O. The van der Waals surface area contributed by atoms with E-state index >= 15 is 0 Å². The Morgan fingerprint density at radius 1 is 1.05 bits per heavy atom. The van der Waals surface area contributed by atoms with Crippen molar-refractivity contribution in [3.8, 4) is 0 Å². The third kappa shape index (κ3) is 3.65. The van der Waals surface area contributed by atoms with Crippen molar-refractivity contribution >= 4 is 28.3 Å². The number of hydrogen-bond donors (Lipinski definition) is 0. The topological polar surface area (TPSA) is 17.1 Å². The van der Waals surface area contributed by atoms with E-state index in [1.165, 1.54) is 11.1 Å². The van der Waals surface area contributed by atoms with E-state index in [0.717, 1.165) is 22.8 Å². The first-order valence-electron chi connectivity index (χ1n) is 6.15. The molecule has 0 saturated carbocycles. The average Bonchev–Trinajstić information content (AvgIpc) is 2.42. The van der Waals surface area contributed by atoms with Gasteiger partial charge in [-0.05, 0) is 29.7 Å². The summed E-state index contributed by atoms with van der Waals surface area (Å²) in [5.74, 6) is 0. The Labute approximate surface area is 122 Å².